The molecule has 8 aromatic carbocycles. The minimum Gasteiger partial charge on any atom is -0.455 e. The lowest BCUT2D eigenvalue weighted by molar-refractivity contribution is 0.590. The van der Waals surface area contributed by atoms with Gasteiger partial charge in [0.2, 0.25) is 0 Å². The summed E-state index contributed by atoms with van der Waals surface area (Å²) in [6.07, 6.45) is 0. The molecule has 1 aliphatic carbocycles. The normalized spacial score (nSPS) is 14.9. The number of anilines is 2. The van der Waals surface area contributed by atoms with Gasteiger partial charge in [-0.15, -0.1) is 11.3 Å². The molecule has 3 aromatic heterocycles. The van der Waals surface area contributed by atoms with Crippen molar-refractivity contribution >= 4 is 104 Å². The molecule has 14 rings (SSSR count). The molecule has 64 heavy (non-hydrogen) atoms. The number of furan rings is 1. The minimum absolute atomic E-state index is 0.0246. The van der Waals surface area contributed by atoms with Gasteiger partial charge in [-0.3, -0.25) is 0 Å². The number of hydrogen-bond acceptors (Lipinski definition) is 3. The van der Waals surface area contributed by atoms with Crippen molar-refractivity contribution in [3.8, 4) is 27.9 Å². The average molecular weight is 843 g/mol. The summed E-state index contributed by atoms with van der Waals surface area (Å²) >= 11 is 1.89. The maximum absolute atomic E-state index is 7.32. The van der Waals surface area contributed by atoms with Crippen molar-refractivity contribution in [2.75, 3.05) is 4.81 Å². The van der Waals surface area contributed by atoms with Crippen LogP contribution in [-0.4, -0.2) is 11.4 Å². The van der Waals surface area contributed by atoms with E-state index in [1.807, 2.05) is 11.3 Å². The van der Waals surface area contributed by atoms with Crippen molar-refractivity contribution in [3.63, 3.8) is 0 Å². The van der Waals surface area contributed by atoms with Crippen molar-refractivity contribution in [2.45, 2.75) is 71.6 Å². The van der Waals surface area contributed by atoms with Crippen LogP contribution in [0, 0.1) is 0 Å². The molecule has 0 spiro atoms. The Bertz CT molecular complexity index is 3900. The van der Waals surface area contributed by atoms with E-state index in [1.165, 1.54) is 120 Å². The van der Waals surface area contributed by atoms with Crippen LogP contribution in [0.25, 0.3) is 91.9 Å². The molecule has 0 unspecified atom stereocenters. The fraction of sp³-hybridized carbons (Fsp3) is 0.186. The molecular weight excluding hydrogens is 796 g/mol. The van der Waals surface area contributed by atoms with Crippen molar-refractivity contribution in [1.29, 1.82) is 0 Å². The van der Waals surface area contributed by atoms with Crippen LogP contribution in [0.4, 0.5) is 11.4 Å². The first-order valence-electron chi connectivity index (χ1n) is 22.9. The number of aromatic nitrogens is 1. The largest absolute Gasteiger partial charge is 0.455 e. The Morgan fingerprint density at radius 3 is 2.08 bits per heavy atom. The van der Waals surface area contributed by atoms with Crippen molar-refractivity contribution < 1.29 is 4.42 Å². The number of fused-ring (bicyclic) bond motifs is 19. The predicted octanol–water partition coefficient (Wildman–Crippen LogP) is 15.2. The van der Waals surface area contributed by atoms with Crippen LogP contribution in [-0.2, 0) is 16.2 Å². The van der Waals surface area contributed by atoms with Gasteiger partial charge in [0, 0.05) is 75.3 Å². The zero-order valence-corrected chi connectivity index (χ0v) is 38.4. The van der Waals surface area contributed by atoms with Crippen LogP contribution < -0.4 is 15.7 Å². The predicted molar refractivity (Wildman–Crippen MR) is 275 cm³/mol. The van der Waals surface area contributed by atoms with E-state index >= 15 is 0 Å². The number of thiophene rings is 1. The molecule has 0 bridgehead atoms. The van der Waals surface area contributed by atoms with Crippen LogP contribution in [0.5, 0.6) is 0 Å². The minimum atomic E-state index is -0.161. The fourth-order valence-corrected chi connectivity index (χ4v) is 13.2. The van der Waals surface area contributed by atoms with Gasteiger partial charge in [-0.25, -0.2) is 0 Å². The van der Waals surface area contributed by atoms with E-state index in [0.717, 1.165) is 16.6 Å². The smallest absolute Gasteiger partial charge is 0.333 e. The Balaban J connectivity index is 1.23. The maximum atomic E-state index is 7.32. The van der Waals surface area contributed by atoms with Crippen molar-refractivity contribution in [2.24, 2.45) is 0 Å². The first kappa shape index (κ1) is 36.9. The summed E-state index contributed by atoms with van der Waals surface area (Å²) in [6.45, 7) is 18.6. The SMILES string of the molecule is CC(C)(C)c1ccc(N2B3c4cc5c(cc4-n4c6ccc(C(C)(C)C)cc6c6c7c(oc8ccccc87)c(c3c64)-c3cc4sc6ccccc6c4cc32)C(C)(C)c2ccccc2-5)cc1. The monoisotopic (exact) mass is 842 g/mol. The molecule has 5 heterocycles. The lowest BCUT2D eigenvalue weighted by Gasteiger charge is -2.42. The van der Waals surface area contributed by atoms with E-state index in [-0.39, 0.29) is 23.1 Å². The average Bonchev–Trinajstić information content (AvgIpc) is 4.00. The molecule has 0 atom stereocenters. The topological polar surface area (TPSA) is 21.3 Å². The van der Waals surface area contributed by atoms with Gasteiger partial charge in [0.15, 0.2) is 0 Å². The summed E-state index contributed by atoms with van der Waals surface area (Å²) in [5.74, 6) is 0. The highest BCUT2D eigenvalue weighted by atomic mass is 32.1. The summed E-state index contributed by atoms with van der Waals surface area (Å²) in [6, 6.07) is 53.7. The Kier molecular flexibility index (Phi) is 6.89. The van der Waals surface area contributed by atoms with E-state index in [4.69, 9.17) is 4.42 Å². The van der Waals surface area contributed by atoms with E-state index in [9.17, 15) is 0 Å². The molecular formula is C59H47BN2OS. The van der Waals surface area contributed by atoms with Crippen LogP contribution >= 0.6 is 11.3 Å². The van der Waals surface area contributed by atoms with Gasteiger partial charge in [-0.2, -0.15) is 0 Å². The zero-order chi connectivity index (χ0) is 43.3. The Labute approximate surface area is 377 Å². The number of nitrogens with zero attached hydrogens (tertiary/aromatic N) is 2. The van der Waals surface area contributed by atoms with Gasteiger partial charge in [0.05, 0.1) is 11.0 Å². The highest BCUT2D eigenvalue weighted by molar-refractivity contribution is 7.25. The fourth-order valence-electron chi connectivity index (χ4n) is 12.1. The standard InChI is InChI=1S/C59H47BN2OS/c1-57(2,3)32-21-24-34(25-22-32)62-46-29-39-36-16-11-14-20-49(36)64-50(39)30-41(46)53-54-55-51(52-37-17-10-13-19-48(37)63-56(52)53)40-27-33(58(4,5)6)23-26-45(40)61(55)47-31-43-38(28-44(47)60(54)62)35-15-9-12-18-42(35)59(43,7)8/h9-31H,1-8H3. The van der Waals surface area contributed by atoms with Gasteiger partial charge in [0.25, 0.3) is 0 Å². The van der Waals surface area contributed by atoms with Gasteiger partial charge in [0.1, 0.15) is 11.2 Å². The Morgan fingerprint density at radius 1 is 0.562 bits per heavy atom. The number of hydrogen-bond donors (Lipinski definition) is 0. The molecule has 3 aliphatic rings. The molecule has 0 amide bonds. The van der Waals surface area contributed by atoms with Gasteiger partial charge < -0.3 is 13.8 Å². The Morgan fingerprint density at radius 2 is 1.28 bits per heavy atom. The summed E-state index contributed by atoms with van der Waals surface area (Å²) in [5.41, 5.74) is 21.1. The molecule has 11 aromatic rings. The van der Waals surface area contributed by atoms with E-state index in [2.05, 4.69) is 204 Å². The van der Waals surface area contributed by atoms with Crippen molar-refractivity contribution in [3.05, 3.63) is 162 Å². The van der Waals surface area contributed by atoms with Crippen molar-refractivity contribution in [1.82, 2.24) is 4.57 Å². The summed E-state index contributed by atoms with van der Waals surface area (Å²) < 4.78 is 12.6. The highest BCUT2D eigenvalue weighted by Crippen LogP contribution is 2.55. The summed E-state index contributed by atoms with van der Waals surface area (Å²) in [7, 11) is 0. The molecule has 0 saturated heterocycles. The van der Waals surface area contributed by atoms with Crippen LogP contribution in [0.1, 0.15) is 77.6 Å². The maximum Gasteiger partial charge on any atom is 0.333 e. The first-order valence-corrected chi connectivity index (χ1v) is 23.7. The van der Waals surface area contributed by atoms with Crippen LogP contribution in [0.15, 0.2) is 144 Å². The molecule has 0 N–H and O–H groups in total. The molecule has 0 fully saturated rings. The summed E-state index contributed by atoms with van der Waals surface area (Å²) in [4.78, 5) is 2.70. The third-order valence-corrected chi connectivity index (χ3v) is 16.4. The molecule has 308 valence electrons. The zero-order valence-electron chi connectivity index (χ0n) is 37.6. The quantitative estimate of drug-likeness (QED) is 0.154. The third-order valence-electron chi connectivity index (χ3n) is 15.3. The number of benzene rings is 8. The summed E-state index contributed by atoms with van der Waals surface area (Å²) in [5, 5.41) is 7.54. The number of rotatable bonds is 1. The van der Waals surface area contributed by atoms with Gasteiger partial charge >= 0.3 is 6.85 Å². The molecule has 2 aliphatic heterocycles. The third kappa shape index (κ3) is 4.58. The van der Waals surface area contributed by atoms with Gasteiger partial charge in [-0.05, 0) is 110 Å². The second-order valence-electron chi connectivity index (χ2n) is 21.3. The lowest BCUT2D eigenvalue weighted by Crippen LogP contribution is -2.60. The Hall–Kier alpha value is -6.56. The second kappa shape index (κ2) is 12.0. The van der Waals surface area contributed by atoms with E-state index in [0.29, 0.717) is 0 Å². The highest BCUT2D eigenvalue weighted by Gasteiger charge is 2.48. The van der Waals surface area contributed by atoms with Gasteiger partial charge in [-0.1, -0.05) is 140 Å². The van der Waals surface area contributed by atoms with E-state index < -0.39 is 0 Å². The molecule has 5 heteroatoms. The molecule has 0 radical (unpaired) electrons. The van der Waals surface area contributed by atoms with Crippen LogP contribution in [0.2, 0.25) is 0 Å². The molecule has 0 saturated carbocycles. The number of para-hydroxylation sites is 1. The van der Waals surface area contributed by atoms with Crippen LogP contribution in [0.3, 0.4) is 0 Å². The molecule has 3 nitrogen and oxygen atoms in total. The second-order valence-corrected chi connectivity index (χ2v) is 22.4. The lowest BCUT2D eigenvalue weighted by atomic mass is 9.43. The van der Waals surface area contributed by atoms with E-state index in [1.54, 1.807) is 0 Å². The first-order chi connectivity index (χ1) is 30.8.